The third-order valence-electron chi connectivity index (χ3n) is 8.49. The molecule has 3 aromatic carbocycles. The molecule has 0 radical (unpaired) electrons. The van der Waals surface area contributed by atoms with Crippen LogP contribution in [0.4, 0.5) is 5.69 Å². The van der Waals surface area contributed by atoms with Gasteiger partial charge in [0.25, 0.3) is 0 Å². The number of anilines is 1. The Morgan fingerprint density at radius 1 is 0.952 bits per heavy atom. The number of hydrogen-bond acceptors (Lipinski definition) is 5. The van der Waals surface area contributed by atoms with Crippen molar-refractivity contribution < 1.29 is 24.2 Å². The summed E-state index contributed by atoms with van der Waals surface area (Å²) in [4.78, 5) is 28.6. The predicted octanol–water partition coefficient (Wildman–Crippen LogP) is 7.02. The van der Waals surface area contributed by atoms with Crippen LogP contribution >= 0.6 is 11.6 Å². The Kier molecular flexibility index (Phi) is 9.39. The van der Waals surface area contributed by atoms with Gasteiger partial charge in [0.2, 0.25) is 12.7 Å². The normalized spacial score (nSPS) is 19.7. The van der Waals surface area contributed by atoms with Gasteiger partial charge in [-0.3, -0.25) is 14.5 Å². The molecule has 0 aromatic heterocycles. The minimum Gasteiger partial charge on any atom is -0.481 e. The van der Waals surface area contributed by atoms with Crippen molar-refractivity contribution in [3.8, 4) is 11.5 Å². The van der Waals surface area contributed by atoms with Crippen LogP contribution in [-0.4, -0.2) is 41.8 Å². The van der Waals surface area contributed by atoms with E-state index in [9.17, 15) is 14.7 Å². The molecule has 1 fully saturated rings. The van der Waals surface area contributed by atoms with E-state index in [1.165, 1.54) is 5.56 Å². The molecule has 1 unspecified atom stereocenters. The molecule has 0 aliphatic carbocycles. The lowest BCUT2D eigenvalue weighted by Crippen LogP contribution is -2.35. The lowest BCUT2D eigenvalue weighted by Gasteiger charge is -2.27. The number of rotatable bonds is 11. The molecule has 2 aliphatic rings. The average Bonchev–Trinajstić information content (AvgIpc) is 3.61. The number of likely N-dealkylation sites (tertiary alicyclic amines) is 1. The number of carboxylic acid groups (broad SMARTS) is 1. The van der Waals surface area contributed by atoms with Crippen molar-refractivity contribution in [3.05, 3.63) is 87.4 Å². The molecule has 5 rings (SSSR count). The fraction of sp³-hybridized carbons (Fsp3) is 0.412. The summed E-state index contributed by atoms with van der Waals surface area (Å²) in [6.07, 6.45) is 4.65. The Morgan fingerprint density at radius 2 is 1.62 bits per heavy atom. The van der Waals surface area contributed by atoms with Crippen molar-refractivity contribution >= 4 is 29.2 Å². The topological polar surface area (TPSA) is 88.1 Å². The van der Waals surface area contributed by atoms with E-state index in [2.05, 4.69) is 24.4 Å². The van der Waals surface area contributed by atoms with Crippen LogP contribution in [0, 0.1) is 5.92 Å². The molecule has 1 amide bonds. The van der Waals surface area contributed by atoms with Crippen LogP contribution < -0.4 is 14.8 Å². The Balaban J connectivity index is 1.48. The average molecular weight is 591 g/mol. The number of unbranched alkanes of at least 4 members (excludes halogenated alkanes) is 1. The van der Waals surface area contributed by atoms with Crippen LogP contribution in [0.25, 0.3) is 0 Å². The second kappa shape index (κ2) is 13.2. The van der Waals surface area contributed by atoms with E-state index in [1.807, 2.05) is 61.2 Å². The number of nitrogens with zero attached hydrogens (tertiary/aromatic N) is 1. The highest BCUT2D eigenvalue weighted by molar-refractivity contribution is 6.30. The number of hydrogen-bond donors (Lipinski definition) is 2. The first-order valence-electron chi connectivity index (χ1n) is 14.9. The summed E-state index contributed by atoms with van der Waals surface area (Å²) in [5.74, 6) is -0.899. The molecule has 2 heterocycles. The molecule has 2 aliphatic heterocycles. The van der Waals surface area contributed by atoms with Crippen LogP contribution in [0.5, 0.6) is 11.5 Å². The summed E-state index contributed by atoms with van der Waals surface area (Å²) >= 11 is 6.34. The van der Waals surface area contributed by atoms with Crippen LogP contribution in [0.3, 0.4) is 0 Å². The number of nitrogens with one attached hydrogen (secondary N) is 1. The zero-order valence-corrected chi connectivity index (χ0v) is 25.2. The van der Waals surface area contributed by atoms with Crippen LogP contribution in [0.1, 0.15) is 73.4 Å². The van der Waals surface area contributed by atoms with Gasteiger partial charge in [-0.05, 0) is 77.8 Å². The number of aliphatic carboxylic acids is 1. The first kappa shape index (κ1) is 29.9. The summed E-state index contributed by atoms with van der Waals surface area (Å²) < 4.78 is 11.1. The molecule has 222 valence electrons. The molecule has 0 spiro atoms. The summed E-state index contributed by atoms with van der Waals surface area (Å²) in [7, 11) is 0. The van der Waals surface area contributed by atoms with Gasteiger partial charge in [0.05, 0.1) is 12.5 Å². The highest BCUT2D eigenvalue weighted by Crippen LogP contribution is 2.47. The van der Waals surface area contributed by atoms with Crippen molar-refractivity contribution in [1.29, 1.82) is 0 Å². The largest absolute Gasteiger partial charge is 0.481 e. The molecular weight excluding hydrogens is 552 g/mol. The van der Waals surface area contributed by atoms with E-state index in [1.54, 1.807) is 0 Å². The molecule has 1 saturated heterocycles. The van der Waals surface area contributed by atoms with Gasteiger partial charge in [0.1, 0.15) is 0 Å². The SMILES string of the molecule is CCCCc1ccc([C@H]2C(C(=O)O)[C@@H](c3ccc4c(c3)OCO4)CN2CC(=O)Nc2c(CC)cc(Cl)cc2CC)cc1. The van der Waals surface area contributed by atoms with Crippen molar-refractivity contribution in [1.82, 2.24) is 4.90 Å². The number of carbonyl (C=O) groups excluding carboxylic acids is 1. The molecule has 7 nitrogen and oxygen atoms in total. The first-order chi connectivity index (χ1) is 20.3. The molecule has 0 saturated carbocycles. The minimum absolute atomic E-state index is 0.0576. The third kappa shape index (κ3) is 6.27. The summed E-state index contributed by atoms with van der Waals surface area (Å²) in [5.41, 5.74) is 5.74. The number of fused-ring (bicyclic) bond motifs is 1. The molecule has 8 heteroatoms. The molecule has 0 bridgehead atoms. The molecular formula is C34H39ClN2O5. The van der Waals surface area contributed by atoms with E-state index in [0.29, 0.717) is 23.1 Å². The summed E-state index contributed by atoms with van der Waals surface area (Å²) in [6.45, 7) is 6.86. The number of amides is 1. The number of carboxylic acids is 1. The lowest BCUT2D eigenvalue weighted by atomic mass is 9.82. The monoisotopic (exact) mass is 590 g/mol. The Hall–Kier alpha value is -3.55. The summed E-state index contributed by atoms with van der Waals surface area (Å²) in [6, 6.07) is 17.2. The zero-order valence-electron chi connectivity index (χ0n) is 24.5. The number of benzene rings is 3. The van der Waals surface area contributed by atoms with Gasteiger partial charge < -0.3 is 19.9 Å². The second-order valence-corrected chi connectivity index (χ2v) is 11.6. The predicted molar refractivity (Wildman–Crippen MR) is 165 cm³/mol. The van der Waals surface area contributed by atoms with E-state index >= 15 is 0 Å². The van der Waals surface area contributed by atoms with Crippen LogP contribution in [-0.2, 0) is 28.9 Å². The van der Waals surface area contributed by atoms with Gasteiger partial charge in [-0.2, -0.15) is 0 Å². The maximum atomic E-state index is 13.6. The van der Waals surface area contributed by atoms with Gasteiger partial charge in [0.15, 0.2) is 11.5 Å². The highest BCUT2D eigenvalue weighted by Gasteiger charge is 2.48. The van der Waals surface area contributed by atoms with E-state index in [-0.39, 0.29) is 25.2 Å². The molecule has 3 atom stereocenters. The first-order valence-corrected chi connectivity index (χ1v) is 15.3. The smallest absolute Gasteiger partial charge is 0.309 e. The highest BCUT2D eigenvalue weighted by atomic mass is 35.5. The van der Waals surface area contributed by atoms with Crippen molar-refractivity contribution in [3.63, 3.8) is 0 Å². The summed E-state index contributed by atoms with van der Waals surface area (Å²) in [5, 5.41) is 14.4. The fourth-order valence-corrected chi connectivity index (χ4v) is 6.60. The van der Waals surface area contributed by atoms with Crippen molar-refractivity contribution in [2.45, 2.75) is 64.8 Å². The van der Waals surface area contributed by atoms with Gasteiger partial charge >= 0.3 is 5.97 Å². The van der Waals surface area contributed by atoms with Crippen LogP contribution in [0.15, 0.2) is 54.6 Å². The quantitative estimate of drug-likeness (QED) is 0.250. The number of ether oxygens (including phenoxy) is 2. The number of carbonyl (C=O) groups is 2. The zero-order chi connectivity index (χ0) is 29.8. The Bertz CT molecular complexity index is 1420. The minimum atomic E-state index is -0.889. The van der Waals surface area contributed by atoms with Crippen molar-refractivity contribution in [2.24, 2.45) is 5.92 Å². The number of halogens is 1. The Labute approximate surface area is 252 Å². The molecule has 42 heavy (non-hydrogen) atoms. The maximum Gasteiger partial charge on any atom is 0.309 e. The van der Waals surface area contributed by atoms with Gasteiger partial charge in [0, 0.05) is 29.2 Å². The second-order valence-electron chi connectivity index (χ2n) is 11.2. The van der Waals surface area contributed by atoms with Gasteiger partial charge in [-0.1, -0.05) is 69.1 Å². The fourth-order valence-electron chi connectivity index (χ4n) is 6.34. The number of aryl methyl sites for hydroxylation is 3. The van der Waals surface area contributed by atoms with Gasteiger partial charge in [-0.25, -0.2) is 0 Å². The van der Waals surface area contributed by atoms with E-state index < -0.39 is 17.9 Å². The van der Waals surface area contributed by atoms with Crippen LogP contribution in [0.2, 0.25) is 5.02 Å². The standard InChI is InChI=1S/C34H39ClN2O5/c1-4-7-8-21-9-11-24(12-10-21)33-31(34(39)40)27(25-13-14-28-29(17-25)42-20-41-28)18-37(33)19-30(38)36-32-22(5-2)15-26(35)16-23(32)6-3/h9-17,27,31,33H,4-8,18-20H2,1-3H3,(H,36,38)(H,39,40)/t27-,31?,33+/m1/s1. The van der Waals surface area contributed by atoms with Crippen molar-refractivity contribution in [2.75, 3.05) is 25.2 Å². The molecule has 3 aromatic rings. The van der Waals surface area contributed by atoms with E-state index in [4.69, 9.17) is 21.1 Å². The third-order valence-corrected chi connectivity index (χ3v) is 8.71. The molecule has 2 N–H and O–H groups in total. The van der Waals surface area contributed by atoms with Gasteiger partial charge in [-0.15, -0.1) is 0 Å². The Morgan fingerprint density at radius 3 is 2.26 bits per heavy atom. The van der Waals surface area contributed by atoms with E-state index in [0.717, 1.165) is 60.0 Å². The maximum absolute atomic E-state index is 13.6. The lowest BCUT2D eigenvalue weighted by molar-refractivity contribution is -0.143.